The van der Waals surface area contributed by atoms with Crippen LogP contribution in [0.2, 0.25) is 0 Å². The van der Waals surface area contributed by atoms with Crippen LogP contribution in [0.5, 0.6) is 0 Å². The van der Waals surface area contributed by atoms with E-state index < -0.39 is 6.72 Å². The summed E-state index contributed by atoms with van der Waals surface area (Å²) in [5.41, 5.74) is 0. The molecule has 0 aliphatic heterocycles. The van der Waals surface area contributed by atoms with Gasteiger partial charge in [0.15, 0.2) is 0 Å². The first-order valence-electron chi connectivity index (χ1n) is 6.51. The van der Waals surface area contributed by atoms with Crippen molar-refractivity contribution in [2.24, 2.45) is 0 Å². The molecule has 0 saturated carbocycles. The second kappa shape index (κ2) is 18.2. The standard InChI is InChI=1S/C12H25.H3O3PS.Zn/c1-3-5-7-9-11-12-10-8-6-4-2;1-4(2,3)5;/h9H,3-8,10-12H2,1-2H3;(H3,1,2,3,5);/q-1;;. The second-order valence-electron chi connectivity index (χ2n) is 4.15. The Balaban J connectivity index is -0.000000321. The van der Waals surface area contributed by atoms with Crippen molar-refractivity contribution in [1.29, 1.82) is 0 Å². The van der Waals surface area contributed by atoms with Crippen LogP contribution < -0.4 is 0 Å². The van der Waals surface area contributed by atoms with Crippen molar-refractivity contribution in [2.75, 3.05) is 0 Å². The molecule has 0 spiro atoms. The third kappa shape index (κ3) is 43.4. The van der Waals surface area contributed by atoms with Crippen LogP contribution in [0.4, 0.5) is 0 Å². The van der Waals surface area contributed by atoms with Crippen molar-refractivity contribution in [2.45, 2.75) is 71.6 Å². The molecule has 0 aliphatic carbocycles. The van der Waals surface area contributed by atoms with E-state index in [1.54, 1.807) is 0 Å². The van der Waals surface area contributed by atoms with E-state index in [1.165, 1.54) is 57.8 Å². The molecule has 108 valence electrons. The Morgan fingerprint density at radius 1 is 0.833 bits per heavy atom. The van der Waals surface area contributed by atoms with E-state index in [1.807, 2.05) is 0 Å². The van der Waals surface area contributed by atoms with Gasteiger partial charge in [0.05, 0.1) is 0 Å². The predicted octanol–water partition coefficient (Wildman–Crippen LogP) is 3.93. The third-order valence-electron chi connectivity index (χ3n) is 2.27. The Bertz CT molecular complexity index is 170. The molecule has 0 fully saturated rings. The first-order valence-corrected chi connectivity index (χ1v) is 9.17. The van der Waals surface area contributed by atoms with E-state index in [0.29, 0.717) is 0 Å². The average Bonchev–Trinajstić information content (AvgIpc) is 2.20. The summed E-state index contributed by atoms with van der Waals surface area (Å²) < 4.78 is 0. The van der Waals surface area contributed by atoms with Gasteiger partial charge >= 0.3 is 6.72 Å². The van der Waals surface area contributed by atoms with Gasteiger partial charge in [-0.1, -0.05) is 58.8 Å². The van der Waals surface area contributed by atoms with E-state index >= 15 is 0 Å². The summed E-state index contributed by atoms with van der Waals surface area (Å²) in [4.78, 5) is 22.7. The first-order chi connectivity index (χ1) is 7.91. The minimum atomic E-state index is -3.81. The van der Waals surface area contributed by atoms with Crippen LogP contribution in [0.3, 0.4) is 0 Å². The minimum absolute atomic E-state index is 0. The molecule has 0 amide bonds. The maximum Gasteiger partial charge on any atom is 0.319 e. The van der Waals surface area contributed by atoms with Crippen LogP contribution >= 0.6 is 6.72 Å². The monoisotopic (exact) mass is 347 g/mol. The quantitative estimate of drug-likeness (QED) is 0.256. The van der Waals surface area contributed by atoms with Crippen molar-refractivity contribution in [1.82, 2.24) is 0 Å². The van der Waals surface area contributed by atoms with Crippen LogP contribution in [0, 0.1) is 6.42 Å². The molecule has 3 nitrogen and oxygen atoms in total. The van der Waals surface area contributed by atoms with E-state index in [0.717, 1.165) is 0 Å². The summed E-state index contributed by atoms with van der Waals surface area (Å²) in [6, 6.07) is 0. The molecule has 0 aliphatic rings. The third-order valence-corrected chi connectivity index (χ3v) is 2.27. The molecule has 3 N–H and O–H groups in total. The molecule has 0 aromatic carbocycles. The summed E-state index contributed by atoms with van der Waals surface area (Å²) in [5, 5.41) is 0. The summed E-state index contributed by atoms with van der Waals surface area (Å²) in [6.07, 6.45) is 15.0. The van der Waals surface area contributed by atoms with Gasteiger partial charge in [-0.25, -0.2) is 0 Å². The molecule has 0 saturated heterocycles. The fourth-order valence-electron chi connectivity index (χ4n) is 1.39. The summed E-state index contributed by atoms with van der Waals surface area (Å²) in [7, 11) is 0. The fourth-order valence-corrected chi connectivity index (χ4v) is 1.39. The first kappa shape index (κ1) is 24.2. The van der Waals surface area contributed by atoms with Crippen LogP contribution in [0.25, 0.3) is 0 Å². The van der Waals surface area contributed by atoms with Crippen LogP contribution in [0.15, 0.2) is 0 Å². The van der Waals surface area contributed by atoms with Gasteiger partial charge in [0.25, 0.3) is 0 Å². The zero-order chi connectivity index (χ0) is 13.6. The molecule has 0 aromatic rings. The van der Waals surface area contributed by atoms with E-state index in [-0.39, 0.29) is 19.5 Å². The topological polar surface area (TPSA) is 60.7 Å². The second-order valence-corrected chi connectivity index (χ2v) is 6.64. The number of rotatable bonds is 9. The summed E-state index contributed by atoms with van der Waals surface area (Å²) >= 11 is 3.60. The molecule has 6 heteroatoms. The maximum absolute atomic E-state index is 7.56. The summed E-state index contributed by atoms with van der Waals surface area (Å²) in [5.74, 6) is 0. The van der Waals surface area contributed by atoms with Gasteiger partial charge in [-0.05, 0) is 11.8 Å². The molecular formula is C12H28O3PSZn-. The van der Waals surface area contributed by atoms with Gasteiger partial charge in [0, 0.05) is 19.5 Å². The minimum Gasteiger partial charge on any atom is -0.328 e. The molecule has 0 unspecified atom stereocenters. The van der Waals surface area contributed by atoms with Crippen molar-refractivity contribution >= 4 is 18.5 Å². The number of unbranched alkanes of at least 4 members (excludes halogenated alkanes) is 9. The molecule has 0 bridgehead atoms. The van der Waals surface area contributed by atoms with Crippen molar-refractivity contribution in [3.8, 4) is 0 Å². The molecule has 0 atom stereocenters. The Labute approximate surface area is 130 Å². The van der Waals surface area contributed by atoms with Gasteiger partial charge in [-0.3, -0.25) is 0 Å². The van der Waals surface area contributed by atoms with Gasteiger partial charge in [0.1, 0.15) is 0 Å². The molecule has 0 heterocycles. The SMILES string of the molecule is CCCC[CH-]CCCCCCC.OP(O)(O)=S.[Zn]. The number of hydrogen-bond donors (Lipinski definition) is 3. The zero-order valence-electron chi connectivity index (χ0n) is 11.8. The molecule has 18 heavy (non-hydrogen) atoms. The van der Waals surface area contributed by atoms with Gasteiger partial charge in [0.2, 0.25) is 0 Å². The molecule has 0 rings (SSSR count). The van der Waals surface area contributed by atoms with Gasteiger partial charge < -0.3 is 21.1 Å². The van der Waals surface area contributed by atoms with Crippen LogP contribution in [-0.2, 0) is 31.3 Å². The van der Waals surface area contributed by atoms with E-state index in [4.69, 9.17) is 14.7 Å². The maximum atomic E-state index is 7.56. The Hall–Kier alpha value is 1.15. The zero-order valence-corrected chi connectivity index (χ0v) is 16.5. The molecule has 0 aromatic heterocycles. The largest absolute Gasteiger partial charge is 0.328 e. The van der Waals surface area contributed by atoms with Crippen molar-refractivity contribution in [3.63, 3.8) is 0 Å². The normalized spacial score (nSPS) is 10.3. The van der Waals surface area contributed by atoms with Crippen molar-refractivity contribution in [3.05, 3.63) is 6.42 Å². The Kier molecular flexibility index (Phi) is 24.4. The van der Waals surface area contributed by atoms with Gasteiger partial charge in [-0.2, -0.15) is 12.8 Å². The van der Waals surface area contributed by atoms with E-state index in [9.17, 15) is 0 Å². The molecule has 0 radical (unpaired) electrons. The predicted molar refractivity (Wildman–Crippen MR) is 78.1 cm³/mol. The smallest absolute Gasteiger partial charge is 0.319 e. The fraction of sp³-hybridized carbons (Fsp3) is 0.917. The van der Waals surface area contributed by atoms with Gasteiger partial charge in [-0.15, -0.1) is 0 Å². The summed E-state index contributed by atoms with van der Waals surface area (Å²) in [6.45, 7) is 0.725. The Morgan fingerprint density at radius 3 is 1.67 bits per heavy atom. The number of hydrogen-bond acceptors (Lipinski definition) is 1. The van der Waals surface area contributed by atoms with Crippen LogP contribution in [0.1, 0.15) is 71.6 Å². The van der Waals surface area contributed by atoms with E-state index in [2.05, 4.69) is 32.1 Å². The van der Waals surface area contributed by atoms with Crippen molar-refractivity contribution < 1.29 is 34.2 Å². The Morgan fingerprint density at radius 2 is 1.22 bits per heavy atom. The molecular weight excluding hydrogens is 321 g/mol. The average molecular weight is 349 g/mol. The van der Waals surface area contributed by atoms with Crippen LogP contribution in [-0.4, -0.2) is 14.7 Å².